The van der Waals surface area contributed by atoms with Crippen molar-refractivity contribution in [3.63, 3.8) is 0 Å². The summed E-state index contributed by atoms with van der Waals surface area (Å²) in [7, 11) is 0. The van der Waals surface area contributed by atoms with Crippen LogP contribution in [0.25, 0.3) is 0 Å². The van der Waals surface area contributed by atoms with Crippen LogP contribution in [0.1, 0.15) is 36.3 Å². The number of rotatable bonds is 6. The lowest BCUT2D eigenvalue weighted by molar-refractivity contribution is 0.321. The van der Waals surface area contributed by atoms with Gasteiger partial charge in [-0.2, -0.15) is 0 Å². The van der Waals surface area contributed by atoms with E-state index in [1.807, 2.05) is 44.2 Å². The number of thiazole rings is 1. The average Bonchev–Trinajstić information content (AvgIpc) is 2.83. The second-order valence-electron chi connectivity index (χ2n) is 5.37. The standard InChI is InChI=1S/C16H22N2OS/c1-4-13-15(16(2,3)17)20-14(18-13)10-11-19-12-8-6-5-7-9-12/h5-9H,4,10-11,17H2,1-3H3. The number of benzene rings is 1. The Morgan fingerprint density at radius 2 is 1.95 bits per heavy atom. The van der Waals surface area contributed by atoms with Crippen molar-refractivity contribution in [2.45, 2.75) is 39.2 Å². The maximum absolute atomic E-state index is 6.21. The quantitative estimate of drug-likeness (QED) is 0.885. The van der Waals surface area contributed by atoms with Gasteiger partial charge in [0.15, 0.2) is 0 Å². The molecular formula is C16H22N2OS. The molecule has 4 heteroatoms. The van der Waals surface area contributed by atoms with Gasteiger partial charge in [-0.15, -0.1) is 11.3 Å². The van der Waals surface area contributed by atoms with Crippen LogP contribution in [-0.4, -0.2) is 11.6 Å². The Morgan fingerprint density at radius 3 is 2.50 bits per heavy atom. The summed E-state index contributed by atoms with van der Waals surface area (Å²) in [6, 6.07) is 9.87. The molecule has 1 aromatic heterocycles. The third-order valence-electron chi connectivity index (χ3n) is 2.99. The van der Waals surface area contributed by atoms with E-state index in [0.717, 1.165) is 29.3 Å². The Bertz CT molecular complexity index is 543. The van der Waals surface area contributed by atoms with Crippen LogP contribution in [0.15, 0.2) is 30.3 Å². The summed E-state index contributed by atoms with van der Waals surface area (Å²) in [6.07, 6.45) is 1.74. The topological polar surface area (TPSA) is 48.1 Å². The van der Waals surface area contributed by atoms with Crippen molar-refractivity contribution >= 4 is 11.3 Å². The zero-order valence-corrected chi connectivity index (χ0v) is 13.2. The molecule has 0 fully saturated rings. The summed E-state index contributed by atoms with van der Waals surface area (Å²) in [4.78, 5) is 5.87. The van der Waals surface area contributed by atoms with Crippen LogP contribution in [0.4, 0.5) is 0 Å². The number of hydrogen-bond acceptors (Lipinski definition) is 4. The van der Waals surface area contributed by atoms with E-state index in [4.69, 9.17) is 10.5 Å². The molecule has 0 aliphatic heterocycles. The molecule has 0 aliphatic carbocycles. The van der Waals surface area contributed by atoms with E-state index < -0.39 is 0 Å². The molecule has 2 rings (SSSR count). The van der Waals surface area contributed by atoms with Gasteiger partial charge in [-0.1, -0.05) is 25.1 Å². The van der Waals surface area contributed by atoms with Gasteiger partial charge in [-0.05, 0) is 32.4 Å². The Labute approximate surface area is 124 Å². The van der Waals surface area contributed by atoms with Crippen LogP contribution in [0.3, 0.4) is 0 Å². The fourth-order valence-electron chi connectivity index (χ4n) is 2.02. The molecular weight excluding hydrogens is 268 g/mol. The minimum Gasteiger partial charge on any atom is -0.493 e. The monoisotopic (exact) mass is 290 g/mol. The lowest BCUT2D eigenvalue weighted by Crippen LogP contribution is -2.28. The zero-order valence-electron chi connectivity index (χ0n) is 12.3. The first-order chi connectivity index (χ1) is 9.50. The maximum Gasteiger partial charge on any atom is 0.119 e. The average molecular weight is 290 g/mol. The van der Waals surface area contributed by atoms with Crippen molar-refractivity contribution in [3.05, 3.63) is 45.9 Å². The summed E-state index contributed by atoms with van der Waals surface area (Å²) in [5, 5.41) is 1.10. The van der Waals surface area contributed by atoms with E-state index in [1.54, 1.807) is 11.3 Å². The van der Waals surface area contributed by atoms with Crippen molar-refractivity contribution in [2.75, 3.05) is 6.61 Å². The molecule has 0 atom stereocenters. The van der Waals surface area contributed by atoms with E-state index in [2.05, 4.69) is 11.9 Å². The van der Waals surface area contributed by atoms with E-state index >= 15 is 0 Å². The Morgan fingerprint density at radius 1 is 1.25 bits per heavy atom. The molecule has 3 nitrogen and oxygen atoms in total. The first-order valence-electron chi connectivity index (χ1n) is 6.96. The SMILES string of the molecule is CCc1nc(CCOc2ccccc2)sc1C(C)(C)N. The number of aryl methyl sites for hydroxylation is 1. The predicted octanol–water partition coefficient (Wildman–Crippen LogP) is 3.52. The molecule has 0 bridgehead atoms. The van der Waals surface area contributed by atoms with E-state index in [1.165, 1.54) is 4.88 Å². The zero-order chi connectivity index (χ0) is 14.6. The van der Waals surface area contributed by atoms with Crippen molar-refractivity contribution in [1.82, 2.24) is 4.98 Å². The van der Waals surface area contributed by atoms with Crippen molar-refractivity contribution in [3.8, 4) is 5.75 Å². The van der Waals surface area contributed by atoms with Gasteiger partial charge in [0.2, 0.25) is 0 Å². The molecule has 0 spiro atoms. The number of nitrogens with two attached hydrogens (primary N) is 1. The number of aromatic nitrogens is 1. The van der Waals surface area contributed by atoms with Crippen LogP contribution in [0, 0.1) is 0 Å². The summed E-state index contributed by atoms with van der Waals surface area (Å²) in [5.74, 6) is 0.902. The molecule has 0 saturated heterocycles. The smallest absolute Gasteiger partial charge is 0.119 e. The summed E-state index contributed by atoms with van der Waals surface area (Å²) >= 11 is 1.71. The fourth-order valence-corrected chi connectivity index (χ4v) is 3.17. The summed E-state index contributed by atoms with van der Waals surface area (Å²) in [6.45, 7) is 6.83. The molecule has 1 aromatic carbocycles. The molecule has 0 amide bonds. The van der Waals surface area contributed by atoms with Gasteiger partial charge in [0.25, 0.3) is 0 Å². The van der Waals surface area contributed by atoms with E-state index in [0.29, 0.717) is 6.61 Å². The van der Waals surface area contributed by atoms with Crippen LogP contribution in [-0.2, 0) is 18.4 Å². The normalized spacial score (nSPS) is 11.6. The lowest BCUT2D eigenvalue weighted by atomic mass is 10.0. The van der Waals surface area contributed by atoms with Crippen molar-refractivity contribution in [1.29, 1.82) is 0 Å². The highest BCUT2D eigenvalue weighted by atomic mass is 32.1. The highest BCUT2D eigenvalue weighted by molar-refractivity contribution is 7.11. The van der Waals surface area contributed by atoms with Gasteiger partial charge in [0, 0.05) is 16.8 Å². The second-order valence-corrected chi connectivity index (χ2v) is 6.45. The second kappa shape index (κ2) is 6.37. The molecule has 0 radical (unpaired) electrons. The predicted molar refractivity (Wildman–Crippen MR) is 84.3 cm³/mol. The van der Waals surface area contributed by atoms with Gasteiger partial charge >= 0.3 is 0 Å². The molecule has 0 saturated carbocycles. The van der Waals surface area contributed by atoms with Crippen LogP contribution < -0.4 is 10.5 Å². The Kier molecular flexibility index (Phi) is 4.78. The maximum atomic E-state index is 6.21. The third-order valence-corrected chi connectivity index (χ3v) is 4.49. The van der Waals surface area contributed by atoms with Crippen LogP contribution in [0.2, 0.25) is 0 Å². The fraction of sp³-hybridized carbons (Fsp3) is 0.438. The summed E-state index contributed by atoms with van der Waals surface area (Å²) in [5.41, 5.74) is 7.01. The minimum atomic E-state index is -0.318. The van der Waals surface area contributed by atoms with Crippen LogP contribution in [0.5, 0.6) is 5.75 Å². The first kappa shape index (κ1) is 15.0. The molecule has 0 unspecified atom stereocenters. The minimum absolute atomic E-state index is 0.318. The number of hydrogen-bond donors (Lipinski definition) is 1. The Hall–Kier alpha value is -1.39. The highest BCUT2D eigenvalue weighted by Gasteiger charge is 2.22. The molecule has 20 heavy (non-hydrogen) atoms. The number of ether oxygens (including phenoxy) is 1. The molecule has 2 N–H and O–H groups in total. The van der Waals surface area contributed by atoms with Crippen LogP contribution >= 0.6 is 11.3 Å². The van der Waals surface area contributed by atoms with Crippen molar-refractivity contribution < 1.29 is 4.74 Å². The van der Waals surface area contributed by atoms with E-state index in [-0.39, 0.29) is 5.54 Å². The Balaban J connectivity index is 1.98. The number of para-hydroxylation sites is 1. The lowest BCUT2D eigenvalue weighted by Gasteiger charge is -2.17. The van der Waals surface area contributed by atoms with Gasteiger partial charge in [0.1, 0.15) is 5.75 Å². The largest absolute Gasteiger partial charge is 0.493 e. The first-order valence-corrected chi connectivity index (χ1v) is 7.78. The summed E-state index contributed by atoms with van der Waals surface area (Å²) < 4.78 is 5.71. The third kappa shape index (κ3) is 3.81. The number of nitrogens with zero attached hydrogens (tertiary/aromatic N) is 1. The highest BCUT2D eigenvalue weighted by Crippen LogP contribution is 2.28. The van der Waals surface area contributed by atoms with Gasteiger partial charge in [-0.25, -0.2) is 4.98 Å². The van der Waals surface area contributed by atoms with Gasteiger partial charge in [-0.3, -0.25) is 0 Å². The van der Waals surface area contributed by atoms with Gasteiger partial charge in [0.05, 0.1) is 17.3 Å². The molecule has 2 aromatic rings. The molecule has 108 valence electrons. The van der Waals surface area contributed by atoms with Crippen molar-refractivity contribution in [2.24, 2.45) is 5.73 Å². The molecule has 1 heterocycles. The van der Waals surface area contributed by atoms with Gasteiger partial charge < -0.3 is 10.5 Å². The van der Waals surface area contributed by atoms with E-state index in [9.17, 15) is 0 Å². The molecule has 0 aliphatic rings.